The van der Waals surface area contributed by atoms with Crippen LogP contribution in [0.1, 0.15) is 18.4 Å². The van der Waals surface area contributed by atoms with Gasteiger partial charge >= 0.3 is 0 Å². The predicted octanol–water partition coefficient (Wildman–Crippen LogP) is -0.176. The van der Waals surface area contributed by atoms with E-state index in [4.69, 9.17) is 5.84 Å². The van der Waals surface area contributed by atoms with Crippen molar-refractivity contribution in [3.63, 3.8) is 0 Å². The molecular weight excluding hydrogens is 218 g/mol. The minimum atomic E-state index is -1.19. The van der Waals surface area contributed by atoms with Gasteiger partial charge in [-0.2, -0.15) is 0 Å². The van der Waals surface area contributed by atoms with Crippen LogP contribution in [0.4, 0.5) is 0 Å². The molecule has 1 aromatic carbocycles. The van der Waals surface area contributed by atoms with Crippen LogP contribution in [-0.4, -0.2) is 18.4 Å². The highest BCUT2D eigenvalue weighted by molar-refractivity contribution is 6.11. The van der Waals surface area contributed by atoms with Crippen molar-refractivity contribution in [2.24, 2.45) is 5.84 Å². The molecule has 1 aromatic rings. The Morgan fingerprint density at radius 1 is 1.35 bits per heavy atom. The normalized spacial score (nSPS) is 23.9. The number of nitrogens with two attached hydrogens (primary N) is 1. The van der Waals surface area contributed by atoms with Crippen LogP contribution >= 0.6 is 0 Å². The number of amides is 2. The molecule has 2 amide bonds. The molecular formula is C12H15N3O2. The Bertz CT molecular complexity index is 423. The molecule has 0 radical (unpaired) electrons. The van der Waals surface area contributed by atoms with E-state index in [1.54, 1.807) is 12.1 Å². The average molecular weight is 233 g/mol. The lowest BCUT2D eigenvalue weighted by Crippen LogP contribution is -2.58. The lowest BCUT2D eigenvalue weighted by atomic mass is 9.73. The molecule has 17 heavy (non-hydrogen) atoms. The smallest absolute Gasteiger partial charge is 0.254 e. The first-order valence-corrected chi connectivity index (χ1v) is 5.56. The van der Waals surface area contributed by atoms with Gasteiger partial charge in [-0.1, -0.05) is 30.3 Å². The highest BCUT2D eigenvalue weighted by atomic mass is 16.2. The van der Waals surface area contributed by atoms with Crippen molar-refractivity contribution in [3.05, 3.63) is 35.9 Å². The molecule has 0 saturated carbocycles. The summed E-state index contributed by atoms with van der Waals surface area (Å²) in [6.45, 7) is 0.602. The standard InChI is InChI=1S/C12H15N3O2/c13-15-11(17)12(7-4-8-14-10(12)16)9-5-2-1-3-6-9/h1-3,5-6H,4,7-8,13H2,(H,14,16)(H,15,17)/t12-/m0/s1. The molecule has 0 bridgehead atoms. The van der Waals surface area contributed by atoms with Gasteiger partial charge in [0.05, 0.1) is 0 Å². The third-order valence-electron chi connectivity index (χ3n) is 3.19. The number of carbonyl (C=O) groups is 2. The van der Waals surface area contributed by atoms with Crippen LogP contribution in [0.2, 0.25) is 0 Å². The topological polar surface area (TPSA) is 84.2 Å². The van der Waals surface area contributed by atoms with E-state index < -0.39 is 11.3 Å². The fourth-order valence-electron chi connectivity index (χ4n) is 2.29. The monoisotopic (exact) mass is 233 g/mol. The molecule has 0 unspecified atom stereocenters. The van der Waals surface area contributed by atoms with Crippen LogP contribution < -0.4 is 16.6 Å². The van der Waals surface area contributed by atoms with Gasteiger partial charge in [-0.05, 0) is 18.4 Å². The lowest BCUT2D eigenvalue weighted by Gasteiger charge is -2.34. The van der Waals surface area contributed by atoms with Gasteiger partial charge in [-0.25, -0.2) is 5.84 Å². The molecule has 1 aliphatic rings. The zero-order valence-electron chi connectivity index (χ0n) is 9.40. The molecule has 90 valence electrons. The van der Waals surface area contributed by atoms with Crippen molar-refractivity contribution in [1.82, 2.24) is 10.7 Å². The SMILES string of the molecule is NNC(=O)[C@]1(c2ccccc2)CCCNC1=O. The summed E-state index contributed by atoms with van der Waals surface area (Å²) >= 11 is 0. The molecule has 0 aromatic heterocycles. The lowest BCUT2D eigenvalue weighted by molar-refractivity contribution is -0.139. The Hall–Kier alpha value is -1.88. The summed E-state index contributed by atoms with van der Waals surface area (Å²) in [4.78, 5) is 24.1. The van der Waals surface area contributed by atoms with E-state index in [0.29, 0.717) is 18.5 Å². The first-order valence-electron chi connectivity index (χ1n) is 5.56. The van der Waals surface area contributed by atoms with Crippen LogP contribution in [0.3, 0.4) is 0 Å². The second kappa shape index (κ2) is 4.55. The summed E-state index contributed by atoms with van der Waals surface area (Å²) in [6.07, 6.45) is 1.24. The number of benzene rings is 1. The molecule has 0 spiro atoms. The van der Waals surface area contributed by atoms with Gasteiger partial charge in [0, 0.05) is 6.54 Å². The van der Waals surface area contributed by atoms with Gasteiger partial charge in [-0.3, -0.25) is 15.0 Å². The van der Waals surface area contributed by atoms with E-state index in [0.717, 1.165) is 6.42 Å². The number of hydrazine groups is 1. The highest BCUT2D eigenvalue weighted by Crippen LogP contribution is 2.32. The van der Waals surface area contributed by atoms with Crippen LogP contribution in [0, 0.1) is 0 Å². The number of rotatable bonds is 2. The predicted molar refractivity (Wildman–Crippen MR) is 62.7 cm³/mol. The molecule has 5 nitrogen and oxygen atoms in total. The quantitative estimate of drug-likeness (QED) is 0.287. The maximum Gasteiger partial charge on any atom is 0.254 e. The second-order valence-electron chi connectivity index (χ2n) is 4.10. The van der Waals surface area contributed by atoms with Crippen LogP contribution in [0.15, 0.2) is 30.3 Å². The van der Waals surface area contributed by atoms with Crippen molar-refractivity contribution in [2.75, 3.05) is 6.54 Å². The van der Waals surface area contributed by atoms with Gasteiger partial charge < -0.3 is 5.32 Å². The van der Waals surface area contributed by atoms with E-state index in [9.17, 15) is 9.59 Å². The molecule has 1 atom stereocenters. The molecule has 1 saturated heterocycles. The molecule has 1 fully saturated rings. The van der Waals surface area contributed by atoms with Gasteiger partial charge in [0.1, 0.15) is 0 Å². The number of carbonyl (C=O) groups excluding carboxylic acids is 2. The maximum atomic E-state index is 12.1. The van der Waals surface area contributed by atoms with E-state index in [1.165, 1.54) is 0 Å². The number of piperidine rings is 1. The second-order valence-corrected chi connectivity index (χ2v) is 4.10. The minimum Gasteiger partial charge on any atom is -0.355 e. The Kier molecular flexibility index (Phi) is 3.10. The Morgan fingerprint density at radius 2 is 2.06 bits per heavy atom. The number of hydrogen-bond donors (Lipinski definition) is 3. The summed E-state index contributed by atoms with van der Waals surface area (Å²) in [5.74, 6) is 4.47. The molecule has 2 rings (SSSR count). The van der Waals surface area contributed by atoms with Crippen molar-refractivity contribution in [2.45, 2.75) is 18.3 Å². The number of hydrogen-bond acceptors (Lipinski definition) is 3. The van der Waals surface area contributed by atoms with Gasteiger partial charge in [0.2, 0.25) is 5.91 Å². The van der Waals surface area contributed by atoms with E-state index >= 15 is 0 Å². The first kappa shape index (κ1) is 11.6. The average Bonchev–Trinajstić information content (AvgIpc) is 2.39. The highest BCUT2D eigenvalue weighted by Gasteiger charge is 2.48. The summed E-state index contributed by atoms with van der Waals surface area (Å²) in [5.41, 5.74) is 1.60. The zero-order chi connectivity index (χ0) is 12.3. The van der Waals surface area contributed by atoms with Crippen LogP contribution in [0.5, 0.6) is 0 Å². The largest absolute Gasteiger partial charge is 0.355 e. The molecule has 1 heterocycles. The third kappa shape index (κ3) is 1.78. The van der Waals surface area contributed by atoms with Crippen molar-refractivity contribution < 1.29 is 9.59 Å². The molecule has 1 aliphatic heterocycles. The van der Waals surface area contributed by atoms with Gasteiger partial charge in [0.25, 0.3) is 5.91 Å². The van der Waals surface area contributed by atoms with Gasteiger partial charge in [-0.15, -0.1) is 0 Å². The molecule has 4 N–H and O–H groups in total. The van der Waals surface area contributed by atoms with Crippen LogP contribution in [0.25, 0.3) is 0 Å². The van der Waals surface area contributed by atoms with E-state index in [-0.39, 0.29) is 5.91 Å². The Balaban J connectivity index is 2.50. The van der Waals surface area contributed by atoms with Crippen molar-refractivity contribution in [3.8, 4) is 0 Å². The first-order chi connectivity index (χ1) is 8.21. The zero-order valence-corrected chi connectivity index (χ0v) is 9.40. The maximum absolute atomic E-state index is 12.1. The summed E-state index contributed by atoms with van der Waals surface area (Å²) in [6, 6.07) is 9.02. The summed E-state index contributed by atoms with van der Waals surface area (Å²) < 4.78 is 0. The fraction of sp³-hybridized carbons (Fsp3) is 0.333. The summed E-state index contributed by atoms with van der Waals surface area (Å²) in [5, 5.41) is 2.73. The van der Waals surface area contributed by atoms with E-state index in [1.807, 2.05) is 18.2 Å². The Morgan fingerprint density at radius 3 is 2.65 bits per heavy atom. The van der Waals surface area contributed by atoms with E-state index in [2.05, 4.69) is 10.7 Å². The third-order valence-corrected chi connectivity index (χ3v) is 3.19. The van der Waals surface area contributed by atoms with Gasteiger partial charge in [0.15, 0.2) is 5.41 Å². The van der Waals surface area contributed by atoms with Crippen LogP contribution in [-0.2, 0) is 15.0 Å². The fourth-order valence-corrected chi connectivity index (χ4v) is 2.29. The summed E-state index contributed by atoms with van der Waals surface area (Å²) in [7, 11) is 0. The minimum absolute atomic E-state index is 0.280. The number of nitrogens with one attached hydrogen (secondary N) is 2. The van der Waals surface area contributed by atoms with Crippen molar-refractivity contribution in [1.29, 1.82) is 0 Å². The van der Waals surface area contributed by atoms with Crippen molar-refractivity contribution >= 4 is 11.8 Å². The Labute approximate surface area is 99.3 Å². The molecule has 5 heteroatoms. The molecule has 0 aliphatic carbocycles.